The lowest BCUT2D eigenvalue weighted by Gasteiger charge is -2.22. The van der Waals surface area contributed by atoms with Crippen LogP contribution >= 0.6 is 0 Å². The topological polar surface area (TPSA) is 77.9 Å². The van der Waals surface area contributed by atoms with Gasteiger partial charge in [0.1, 0.15) is 6.04 Å². The summed E-state index contributed by atoms with van der Waals surface area (Å²) in [5, 5.41) is 8.82. The van der Waals surface area contributed by atoms with E-state index in [0.29, 0.717) is 13.1 Å². The van der Waals surface area contributed by atoms with Crippen molar-refractivity contribution in [3.8, 4) is 0 Å². The minimum Gasteiger partial charge on any atom is -0.480 e. The Balaban J connectivity index is 2.84. The normalized spacial score (nSPS) is 23.8. The van der Waals surface area contributed by atoms with Crippen molar-refractivity contribution in [3.05, 3.63) is 0 Å². The van der Waals surface area contributed by atoms with Gasteiger partial charge in [0, 0.05) is 19.6 Å². The SMILES string of the molecule is CC(C)CN1CCN([C@@H](C)C(=O)O)S1(=O)=O. The lowest BCUT2D eigenvalue weighted by molar-refractivity contribution is -0.140. The van der Waals surface area contributed by atoms with Gasteiger partial charge in [-0.3, -0.25) is 4.79 Å². The van der Waals surface area contributed by atoms with Gasteiger partial charge < -0.3 is 5.11 Å². The van der Waals surface area contributed by atoms with Crippen LogP contribution in [0.15, 0.2) is 0 Å². The van der Waals surface area contributed by atoms with E-state index in [2.05, 4.69) is 0 Å². The first-order valence-electron chi connectivity index (χ1n) is 5.26. The average Bonchev–Trinajstić information content (AvgIpc) is 2.40. The van der Waals surface area contributed by atoms with Gasteiger partial charge in [0.2, 0.25) is 0 Å². The Bertz CT molecular complexity index is 366. The zero-order valence-corrected chi connectivity index (χ0v) is 10.6. The molecule has 16 heavy (non-hydrogen) atoms. The summed E-state index contributed by atoms with van der Waals surface area (Å²) in [7, 11) is -3.58. The molecule has 0 saturated carbocycles. The molecule has 0 aromatic rings. The van der Waals surface area contributed by atoms with Crippen LogP contribution in [-0.2, 0) is 15.0 Å². The van der Waals surface area contributed by atoms with E-state index in [9.17, 15) is 13.2 Å². The third-order valence-electron chi connectivity index (χ3n) is 2.55. The van der Waals surface area contributed by atoms with Crippen molar-refractivity contribution in [1.82, 2.24) is 8.61 Å². The molecule has 0 amide bonds. The Hall–Kier alpha value is -0.660. The van der Waals surface area contributed by atoms with Gasteiger partial charge in [-0.15, -0.1) is 0 Å². The van der Waals surface area contributed by atoms with Crippen molar-refractivity contribution in [2.75, 3.05) is 19.6 Å². The molecule has 0 aromatic heterocycles. The molecule has 0 aliphatic carbocycles. The van der Waals surface area contributed by atoms with Crippen molar-refractivity contribution in [2.24, 2.45) is 5.92 Å². The number of nitrogens with zero attached hydrogens (tertiary/aromatic N) is 2. The molecule has 1 aliphatic heterocycles. The van der Waals surface area contributed by atoms with E-state index in [0.717, 1.165) is 4.31 Å². The molecule has 1 atom stereocenters. The maximum atomic E-state index is 12.0. The molecule has 1 fully saturated rings. The fourth-order valence-electron chi connectivity index (χ4n) is 1.70. The predicted molar refractivity (Wildman–Crippen MR) is 59.1 cm³/mol. The van der Waals surface area contributed by atoms with E-state index >= 15 is 0 Å². The van der Waals surface area contributed by atoms with Crippen LogP contribution in [0, 0.1) is 5.92 Å². The van der Waals surface area contributed by atoms with Crippen LogP contribution in [0.3, 0.4) is 0 Å². The molecule has 1 saturated heterocycles. The Morgan fingerprint density at radius 2 is 1.88 bits per heavy atom. The molecule has 7 heteroatoms. The second-order valence-electron chi connectivity index (χ2n) is 4.38. The van der Waals surface area contributed by atoms with Crippen LogP contribution in [0.5, 0.6) is 0 Å². The molecular formula is C9H18N2O4S. The van der Waals surface area contributed by atoms with Crippen LogP contribution in [0.25, 0.3) is 0 Å². The Kier molecular flexibility index (Phi) is 3.92. The highest BCUT2D eigenvalue weighted by Gasteiger charge is 2.41. The first kappa shape index (κ1) is 13.4. The zero-order valence-electron chi connectivity index (χ0n) is 9.75. The average molecular weight is 250 g/mol. The minimum atomic E-state index is -3.58. The summed E-state index contributed by atoms with van der Waals surface area (Å²) in [5.41, 5.74) is 0. The molecule has 1 N–H and O–H groups in total. The third-order valence-corrected chi connectivity index (χ3v) is 4.63. The van der Waals surface area contributed by atoms with Crippen LogP contribution < -0.4 is 0 Å². The molecule has 0 spiro atoms. The van der Waals surface area contributed by atoms with Gasteiger partial charge in [-0.25, -0.2) is 0 Å². The highest BCUT2D eigenvalue weighted by molar-refractivity contribution is 7.87. The molecular weight excluding hydrogens is 232 g/mol. The lowest BCUT2D eigenvalue weighted by atomic mass is 10.2. The van der Waals surface area contributed by atoms with Crippen LogP contribution in [0.4, 0.5) is 0 Å². The van der Waals surface area contributed by atoms with E-state index < -0.39 is 22.2 Å². The predicted octanol–water partition coefficient (Wildman–Crippen LogP) is -0.0221. The van der Waals surface area contributed by atoms with Crippen molar-refractivity contribution in [3.63, 3.8) is 0 Å². The highest BCUT2D eigenvalue weighted by Crippen LogP contribution is 2.20. The molecule has 94 valence electrons. The third kappa shape index (κ3) is 2.53. The number of rotatable bonds is 4. The van der Waals surface area contributed by atoms with Crippen molar-refractivity contribution >= 4 is 16.2 Å². The standard InChI is InChI=1S/C9H18N2O4S/c1-7(2)6-10-4-5-11(16(10,14)15)8(3)9(12)13/h7-8H,4-6H2,1-3H3,(H,12,13)/t8-/m0/s1. The van der Waals surface area contributed by atoms with Gasteiger partial charge in [-0.1, -0.05) is 13.8 Å². The van der Waals surface area contributed by atoms with Gasteiger partial charge in [0.25, 0.3) is 10.2 Å². The molecule has 1 rings (SSSR count). The summed E-state index contributed by atoms with van der Waals surface area (Å²) in [6.07, 6.45) is 0. The number of hydrogen-bond donors (Lipinski definition) is 1. The van der Waals surface area contributed by atoms with Gasteiger partial charge in [0.05, 0.1) is 0 Å². The number of hydrogen-bond acceptors (Lipinski definition) is 3. The van der Waals surface area contributed by atoms with E-state index in [1.807, 2.05) is 13.8 Å². The molecule has 1 aliphatic rings. The zero-order chi connectivity index (χ0) is 12.5. The van der Waals surface area contributed by atoms with Crippen molar-refractivity contribution < 1.29 is 18.3 Å². The Morgan fingerprint density at radius 3 is 2.31 bits per heavy atom. The summed E-state index contributed by atoms with van der Waals surface area (Å²) >= 11 is 0. The monoisotopic (exact) mass is 250 g/mol. The number of carbonyl (C=O) groups is 1. The first-order valence-corrected chi connectivity index (χ1v) is 6.66. The summed E-state index contributed by atoms with van der Waals surface area (Å²) in [6.45, 7) is 6.31. The van der Waals surface area contributed by atoms with E-state index in [-0.39, 0.29) is 12.5 Å². The maximum Gasteiger partial charge on any atom is 0.321 e. The lowest BCUT2D eigenvalue weighted by Crippen LogP contribution is -2.43. The quantitative estimate of drug-likeness (QED) is 0.760. The van der Waals surface area contributed by atoms with Crippen molar-refractivity contribution in [1.29, 1.82) is 0 Å². The van der Waals surface area contributed by atoms with Gasteiger partial charge in [-0.05, 0) is 12.8 Å². The smallest absolute Gasteiger partial charge is 0.321 e. The van der Waals surface area contributed by atoms with Gasteiger partial charge >= 0.3 is 5.97 Å². The van der Waals surface area contributed by atoms with Crippen LogP contribution in [-0.4, -0.2) is 53.8 Å². The van der Waals surface area contributed by atoms with Gasteiger partial charge in [-0.2, -0.15) is 17.0 Å². The Labute approximate surface area is 96.0 Å². The number of carboxylic acid groups (broad SMARTS) is 1. The molecule has 1 heterocycles. The van der Waals surface area contributed by atoms with E-state index in [1.165, 1.54) is 11.2 Å². The molecule has 0 unspecified atom stereocenters. The molecule has 6 nitrogen and oxygen atoms in total. The second-order valence-corrected chi connectivity index (χ2v) is 6.27. The van der Waals surface area contributed by atoms with E-state index in [4.69, 9.17) is 5.11 Å². The highest BCUT2D eigenvalue weighted by atomic mass is 32.2. The molecule has 0 radical (unpaired) electrons. The van der Waals surface area contributed by atoms with Gasteiger partial charge in [0.15, 0.2) is 0 Å². The van der Waals surface area contributed by atoms with Crippen molar-refractivity contribution in [2.45, 2.75) is 26.8 Å². The summed E-state index contributed by atoms with van der Waals surface area (Å²) < 4.78 is 26.3. The van der Waals surface area contributed by atoms with Crippen LogP contribution in [0.2, 0.25) is 0 Å². The number of aliphatic carboxylic acids is 1. The fourth-order valence-corrected chi connectivity index (χ4v) is 3.60. The summed E-state index contributed by atoms with van der Waals surface area (Å²) in [6, 6.07) is -0.998. The summed E-state index contributed by atoms with van der Waals surface area (Å²) in [5.74, 6) is -0.884. The largest absolute Gasteiger partial charge is 0.480 e. The molecule has 0 aromatic carbocycles. The first-order chi connectivity index (χ1) is 7.26. The van der Waals surface area contributed by atoms with Crippen LogP contribution in [0.1, 0.15) is 20.8 Å². The second kappa shape index (κ2) is 4.68. The minimum absolute atomic E-state index is 0.231. The number of carboxylic acids is 1. The fraction of sp³-hybridized carbons (Fsp3) is 0.889. The molecule has 0 bridgehead atoms. The maximum absolute atomic E-state index is 12.0. The summed E-state index contributed by atoms with van der Waals surface area (Å²) in [4.78, 5) is 10.8. The Morgan fingerprint density at radius 1 is 1.31 bits per heavy atom. The van der Waals surface area contributed by atoms with E-state index in [1.54, 1.807) is 0 Å².